The number of aromatic nitrogens is 4. The molecule has 0 aromatic carbocycles. The van der Waals surface area contributed by atoms with Crippen LogP contribution in [0.3, 0.4) is 0 Å². The molecule has 5 rings (SSSR count). The van der Waals surface area contributed by atoms with E-state index in [-0.39, 0.29) is 58.3 Å². The van der Waals surface area contributed by atoms with Gasteiger partial charge in [0.25, 0.3) is 0 Å². The Labute approximate surface area is 328 Å². The van der Waals surface area contributed by atoms with Crippen molar-refractivity contribution in [3.8, 4) is 0 Å². The molecule has 0 N–H and O–H groups in total. The van der Waals surface area contributed by atoms with Crippen molar-refractivity contribution >= 4 is 32.9 Å². The minimum atomic E-state index is -1.11. The first-order valence-corrected chi connectivity index (χ1v) is 30.6. The van der Waals surface area contributed by atoms with Crippen molar-refractivity contribution in [3.05, 3.63) is 140 Å². The monoisotopic (exact) mass is 824 g/mol. The summed E-state index contributed by atoms with van der Waals surface area (Å²) in [5.74, 6) is 0. The maximum atomic E-state index is 5.24. The molecule has 1 aliphatic rings. The summed E-state index contributed by atoms with van der Waals surface area (Å²) in [5.41, 5.74) is 3.49. The molecule has 14 heteroatoms. The summed E-state index contributed by atoms with van der Waals surface area (Å²) < 4.78 is 9.64. The van der Waals surface area contributed by atoms with Gasteiger partial charge in [-0.25, -0.2) is 0 Å². The molecule has 0 aliphatic carbocycles. The number of pyridine rings is 4. The zero-order valence-electron chi connectivity index (χ0n) is 31.8. The Morgan fingerprint density at radius 3 is 0.700 bits per heavy atom. The molecule has 0 saturated carbocycles. The second kappa shape index (κ2) is 20.6. The van der Waals surface area contributed by atoms with Crippen molar-refractivity contribution in [3.63, 3.8) is 0 Å². The normalized spacial score (nSPS) is 19.3. The molecule has 2 unspecified atom stereocenters. The van der Waals surface area contributed by atoms with E-state index >= 15 is 0 Å². The predicted octanol–water partition coefficient (Wildman–Crippen LogP) is 11.3. The zero-order chi connectivity index (χ0) is 35.6. The number of rotatable bonds is 8. The van der Waals surface area contributed by atoms with Crippen LogP contribution in [0.1, 0.15) is 46.9 Å². The van der Waals surface area contributed by atoms with Gasteiger partial charge >= 0.3 is 34.1 Å². The molecule has 1 aliphatic heterocycles. The van der Waals surface area contributed by atoms with E-state index in [1.807, 2.05) is 72.8 Å². The molecule has 4 aromatic heterocycles. The van der Waals surface area contributed by atoms with Gasteiger partial charge in [-0.1, -0.05) is 136 Å². The average Bonchev–Trinajstić information content (AvgIpc) is 2.99. The molecule has 0 radical (unpaired) electrons. The minimum absolute atomic E-state index is 0. The van der Waals surface area contributed by atoms with Gasteiger partial charge in [0.05, 0.1) is 0 Å². The summed E-state index contributed by atoms with van der Waals surface area (Å²) in [6.07, 6.45) is 7.17. The fraction of sp³-hybridized carbons (Fsp3) is 0.444. The van der Waals surface area contributed by atoms with Crippen LogP contribution in [-0.4, -0.2) is 52.9 Å². The first-order chi connectivity index (χ1) is 22.3. The van der Waals surface area contributed by atoms with E-state index in [4.69, 9.17) is 19.9 Å². The molecule has 0 amide bonds. The largest absolute Gasteiger partial charge is 2.00 e. The number of hydrogen-bond acceptors (Lipinski definition) is 4. The Balaban J connectivity index is 0.000000523. The average molecular weight is 825 g/mol. The van der Waals surface area contributed by atoms with Crippen LogP contribution in [-0.2, 0) is 34.1 Å². The Morgan fingerprint density at radius 2 is 0.580 bits per heavy atom. The van der Waals surface area contributed by atoms with Gasteiger partial charge in [0.1, 0.15) is 0 Å². The molecule has 8 nitrogen and oxygen atoms in total. The molecule has 1 fully saturated rings. The molecular weight excluding hydrogens is 768 g/mol. The fourth-order valence-electron chi connectivity index (χ4n) is 5.84. The summed E-state index contributed by atoms with van der Waals surface area (Å²) in [7, 11) is -4.42. The van der Waals surface area contributed by atoms with E-state index < -0.39 is 32.9 Å². The molecule has 272 valence electrons. The Hall–Kier alpha value is -1.65. The molecule has 0 bridgehead atoms. The van der Waals surface area contributed by atoms with Crippen LogP contribution in [0, 0.1) is 0 Å². The molecule has 50 heavy (non-hydrogen) atoms. The maximum Gasteiger partial charge on any atom is 2.00 e. The molecule has 4 atom stereocenters. The van der Waals surface area contributed by atoms with Crippen LogP contribution >= 0.6 is 0 Å². The second-order valence-corrected chi connectivity index (χ2v) is 35.2. The van der Waals surface area contributed by atoms with Gasteiger partial charge < -0.3 is 19.9 Å². The summed E-state index contributed by atoms with van der Waals surface area (Å²) in [6, 6.07) is 22.5. The van der Waals surface area contributed by atoms with Gasteiger partial charge in [0, 0.05) is 47.6 Å². The van der Waals surface area contributed by atoms with Crippen LogP contribution in [0.25, 0.3) is 19.9 Å². The van der Waals surface area contributed by atoms with Crippen molar-refractivity contribution in [2.45, 2.75) is 103 Å². The second-order valence-electron chi connectivity index (χ2n) is 16.0. The van der Waals surface area contributed by atoms with Crippen LogP contribution in [0.15, 0.2) is 97.6 Å². The fourth-order valence-corrected chi connectivity index (χ4v) is 21.9. The standard InChI is InChI=1S/C24H20N6.2C6H18NSi2.2Fe/c1-5-13-25-17(9-1)21-22(18-10-2-6-14-26-18)30-24(20-12-4-8-16-28-20)23(29-21)19-11-3-7-15-27-19;2*1-8(2,3)7-9(4,5)6;;/h1-16,21-24H;2*1-6H3;;/q-2;2*-1;2*+2/t21-,22?,23+,24?;;;;. The first-order valence-electron chi connectivity index (χ1n) is 16.8. The van der Waals surface area contributed by atoms with Crippen molar-refractivity contribution < 1.29 is 34.1 Å². The van der Waals surface area contributed by atoms with Crippen LogP contribution in [0.4, 0.5) is 0 Å². The Kier molecular flexibility index (Phi) is 19.1. The van der Waals surface area contributed by atoms with E-state index in [0.29, 0.717) is 0 Å². The summed E-state index contributed by atoms with van der Waals surface area (Å²) >= 11 is 0. The summed E-state index contributed by atoms with van der Waals surface area (Å²) in [5, 5.41) is 10.5. The Bertz CT molecular complexity index is 1260. The summed E-state index contributed by atoms with van der Waals surface area (Å²) in [4.78, 5) is 18.3. The van der Waals surface area contributed by atoms with Gasteiger partial charge in [-0.15, -0.1) is 24.2 Å². The molecular formula is C36H56Fe2N8Si4. The van der Waals surface area contributed by atoms with E-state index in [1.165, 1.54) is 0 Å². The Morgan fingerprint density at radius 1 is 0.380 bits per heavy atom. The van der Waals surface area contributed by atoms with Crippen LogP contribution in [0.2, 0.25) is 78.6 Å². The molecule has 4 aromatic rings. The first kappa shape index (κ1) is 46.4. The van der Waals surface area contributed by atoms with E-state index in [9.17, 15) is 0 Å². The quantitative estimate of drug-likeness (QED) is 0.165. The number of hydrogen-bond donors (Lipinski definition) is 0. The topological polar surface area (TPSA) is 108 Å². The number of nitrogens with zero attached hydrogens (tertiary/aromatic N) is 8. The van der Waals surface area contributed by atoms with Gasteiger partial charge in [-0.3, -0.25) is 19.9 Å². The van der Waals surface area contributed by atoms with E-state index in [0.717, 1.165) is 22.8 Å². The summed E-state index contributed by atoms with van der Waals surface area (Å²) in [6.45, 7) is 27.6. The van der Waals surface area contributed by atoms with Gasteiger partial charge in [0.15, 0.2) is 0 Å². The molecule has 0 spiro atoms. The smallest absolute Gasteiger partial charge is 0.668 e. The van der Waals surface area contributed by atoms with Crippen molar-refractivity contribution in [1.82, 2.24) is 19.9 Å². The van der Waals surface area contributed by atoms with Gasteiger partial charge in [-0.05, 0) is 48.5 Å². The SMILES string of the molecule is C[Si](C)(C)[N-][Si](C)(C)C.C[Si](C)(C)[N-][Si](C)(C)C.[Fe+2].[Fe+2].c1ccc(C2[N-]C(c3ccccn3)[C@H](c3ccccn3)[N-][C@@H]2c2ccccn2)nc1. The van der Waals surface area contributed by atoms with Crippen LogP contribution in [0.5, 0.6) is 0 Å². The van der Waals surface area contributed by atoms with Gasteiger partial charge in [0.2, 0.25) is 0 Å². The predicted molar refractivity (Wildman–Crippen MR) is 215 cm³/mol. The zero-order valence-corrected chi connectivity index (χ0v) is 38.0. The van der Waals surface area contributed by atoms with Crippen molar-refractivity contribution in [1.29, 1.82) is 0 Å². The maximum absolute atomic E-state index is 5.24. The third-order valence-electron chi connectivity index (χ3n) is 6.55. The van der Waals surface area contributed by atoms with E-state index in [1.54, 1.807) is 24.8 Å². The van der Waals surface area contributed by atoms with E-state index in [2.05, 4.69) is 98.5 Å². The molecule has 5 heterocycles. The molecule has 1 saturated heterocycles. The van der Waals surface area contributed by atoms with Gasteiger partial charge in [-0.2, -0.15) is 0 Å². The van der Waals surface area contributed by atoms with Crippen molar-refractivity contribution in [2.75, 3.05) is 0 Å². The third-order valence-corrected chi connectivity index (χ3v) is 17.3. The third kappa shape index (κ3) is 17.2. The number of piperazine rings is 1. The van der Waals surface area contributed by atoms with Crippen LogP contribution < -0.4 is 0 Å². The van der Waals surface area contributed by atoms with Crippen molar-refractivity contribution in [2.24, 2.45) is 0 Å². The minimum Gasteiger partial charge on any atom is -0.668 e.